The molecule has 2 heterocycles. The SMILES string of the molecule is CC(C)c1cccc(C(C)C)c1-n1ccnc1-c1cccc(Sc2cccc(-c3nc4ccccc4n3-c3c(C(C)C)cccc3C(C)C)c2)c1. The van der Waals surface area contributed by atoms with Crippen LogP contribution in [0.3, 0.4) is 0 Å². The first-order chi connectivity index (χ1) is 24.6. The fourth-order valence-electron chi connectivity index (χ4n) is 7.24. The first-order valence-electron chi connectivity index (χ1n) is 18.3. The molecular weight excluding hydrogens is 641 g/mol. The van der Waals surface area contributed by atoms with Crippen LogP contribution in [-0.2, 0) is 0 Å². The van der Waals surface area contributed by atoms with Gasteiger partial charge in [0.05, 0.1) is 22.4 Å². The molecule has 258 valence electrons. The number of nitrogens with zero attached hydrogens (tertiary/aromatic N) is 4. The molecule has 0 aliphatic heterocycles. The third-order valence-electron chi connectivity index (χ3n) is 9.77. The van der Waals surface area contributed by atoms with Gasteiger partial charge in [0, 0.05) is 33.3 Å². The Bertz CT molecular complexity index is 2270. The highest BCUT2D eigenvalue weighted by Crippen LogP contribution is 2.40. The number of para-hydroxylation sites is 4. The maximum Gasteiger partial charge on any atom is 0.145 e. The number of aromatic nitrogens is 4. The highest BCUT2D eigenvalue weighted by atomic mass is 32.2. The van der Waals surface area contributed by atoms with Crippen LogP contribution in [0.15, 0.2) is 131 Å². The van der Waals surface area contributed by atoms with Crippen LogP contribution in [0.4, 0.5) is 0 Å². The van der Waals surface area contributed by atoms with Crippen LogP contribution in [-0.4, -0.2) is 19.1 Å². The molecule has 0 saturated carbocycles. The van der Waals surface area contributed by atoms with Crippen LogP contribution in [0, 0.1) is 0 Å². The van der Waals surface area contributed by atoms with Gasteiger partial charge in [-0.25, -0.2) is 9.97 Å². The quantitative estimate of drug-likeness (QED) is 0.143. The number of fused-ring (bicyclic) bond motifs is 1. The van der Waals surface area contributed by atoms with Crippen molar-refractivity contribution >= 4 is 22.8 Å². The zero-order chi connectivity index (χ0) is 35.8. The Kier molecular flexibility index (Phi) is 9.76. The second kappa shape index (κ2) is 14.4. The molecule has 5 heteroatoms. The largest absolute Gasteiger partial charge is 0.299 e. The van der Waals surface area contributed by atoms with Gasteiger partial charge in [0.25, 0.3) is 0 Å². The van der Waals surface area contributed by atoms with Crippen molar-refractivity contribution < 1.29 is 0 Å². The van der Waals surface area contributed by atoms with Crippen LogP contribution in [0.1, 0.15) is 101 Å². The number of hydrogen-bond donors (Lipinski definition) is 0. The van der Waals surface area contributed by atoms with Crippen molar-refractivity contribution in [3.8, 4) is 34.2 Å². The van der Waals surface area contributed by atoms with Crippen molar-refractivity contribution in [2.45, 2.75) is 88.9 Å². The van der Waals surface area contributed by atoms with Crippen molar-refractivity contribution in [1.82, 2.24) is 19.1 Å². The van der Waals surface area contributed by atoms with Gasteiger partial charge in [-0.05, 0) is 82.3 Å². The molecule has 0 N–H and O–H groups in total. The predicted molar refractivity (Wildman–Crippen MR) is 216 cm³/mol. The highest BCUT2D eigenvalue weighted by Gasteiger charge is 2.23. The van der Waals surface area contributed by atoms with Crippen molar-refractivity contribution in [3.63, 3.8) is 0 Å². The molecule has 0 bridgehead atoms. The van der Waals surface area contributed by atoms with Crippen LogP contribution < -0.4 is 0 Å². The molecular formula is C46H48N4S. The van der Waals surface area contributed by atoms with E-state index in [2.05, 4.69) is 180 Å². The van der Waals surface area contributed by atoms with Gasteiger partial charge in [-0.2, -0.15) is 0 Å². The first-order valence-corrected chi connectivity index (χ1v) is 19.1. The Balaban J connectivity index is 1.29. The summed E-state index contributed by atoms with van der Waals surface area (Å²) in [5.74, 6) is 3.45. The topological polar surface area (TPSA) is 35.6 Å². The van der Waals surface area contributed by atoms with E-state index in [9.17, 15) is 0 Å². The zero-order valence-corrected chi connectivity index (χ0v) is 31.9. The maximum absolute atomic E-state index is 5.28. The Morgan fingerprint density at radius 3 is 1.55 bits per heavy atom. The molecule has 51 heavy (non-hydrogen) atoms. The summed E-state index contributed by atoms with van der Waals surface area (Å²) in [7, 11) is 0. The second-order valence-electron chi connectivity index (χ2n) is 14.7. The summed E-state index contributed by atoms with van der Waals surface area (Å²) in [6.45, 7) is 18.2. The van der Waals surface area contributed by atoms with Crippen LogP contribution in [0.5, 0.6) is 0 Å². The fraction of sp³-hybridized carbons (Fsp3) is 0.261. The van der Waals surface area contributed by atoms with Gasteiger partial charge >= 0.3 is 0 Å². The van der Waals surface area contributed by atoms with Crippen molar-refractivity contribution in [3.05, 3.63) is 144 Å². The summed E-state index contributed by atoms with van der Waals surface area (Å²) in [4.78, 5) is 12.5. The normalized spacial score (nSPS) is 11.9. The molecule has 0 amide bonds. The van der Waals surface area contributed by atoms with E-state index < -0.39 is 0 Å². The van der Waals surface area contributed by atoms with Gasteiger partial charge in [0.15, 0.2) is 0 Å². The summed E-state index contributed by atoms with van der Waals surface area (Å²) in [5, 5.41) is 0. The van der Waals surface area contributed by atoms with Crippen LogP contribution in [0.25, 0.3) is 45.2 Å². The molecule has 0 saturated heterocycles. The summed E-state index contributed by atoms with van der Waals surface area (Å²) in [5.41, 5.74) is 12.2. The third kappa shape index (κ3) is 6.68. The lowest BCUT2D eigenvalue weighted by molar-refractivity contribution is 0.806. The van der Waals surface area contributed by atoms with Gasteiger partial charge in [-0.1, -0.05) is 140 Å². The zero-order valence-electron chi connectivity index (χ0n) is 31.1. The Morgan fingerprint density at radius 2 is 1.00 bits per heavy atom. The minimum Gasteiger partial charge on any atom is -0.299 e. The monoisotopic (exact) mass is 688 g/mol. The van der Waals surface area contributed by atoms with Gasteiger partial charge in [0.2, 0.25) is 0 Å². The van der Waals surface area contributed by atoms with Gasteiger partial charge in [-0.15, -0.1) is 0 Å². The number of hydrogen-bond acceptors (Lipinski definition) is 3. The minimum absolute atomic E-state index is 0.369. The summed E-state index contributed by atoms with van der Waals surface area (Å²) >= 11 is 1.78. The standard InChI is InChI=1S/C46H48N4S/c1-29(2)37-19-13-20-38(30(3)4)43(37)49-26-25-47-45(49)33-15-11-17-35(27-33)51-36-18-12-16-34(28-36)46-48-41-23-9-10-24-42(41)50(46)44-39(31(5)6)21-14-22-40(44)32(7)8/h9-32H,1-8H3. The van der Waals surface area contributed by atoms with E-state index in [1.165, 1.54) is 43.4 Å². The minimum atomic E-state index is 0.369. The average Bonchev–Trinajstić information content (AvgIpc) is 3.77. The summed E-state index contributed by atoms with van der Waals surface area (Å²) in [6.07, 6.45) is 4.04. The van der Waals surface area contributed by atoms with E-state index in [-0.39, 0.29) is 0 Å². The number of imidazole rings is 2. The number of rotatable bonds is 10. The molecule has 4 nitrogen and oxygen atoms in total. The second-order valence-corrected chi connectivity index (χ2v) is 15.9. The first kappa shape index (κ1) is 34.6. The lowest BCUT2D eigenvalue weighted by atomic mass is 9.92. The Labute approximate surface area is 307 Å². The lowest BCUT2D eigenvalue weighted by Gasteiger charge is -2.22. The Morgan fingerprint density at radius 1 is 0.510 bits per heavy atom. The molecule has 0 fully saturated rings. The predicted octanol–water partition coefficient (Wildman–Crippen LogP) is 13.2. The average molecular weight is 689 g/mol. The molecule has 0 radical (unpaired) electrons. The summed E-state index contributed by atoms with van der Waals surface area (Å²) < 4.78 is 4.70. The van der Waals surface area contributed by atoms with E-state index in [0.717, 1.165) is 33.8 Å². The molecule has 0 atom stereocenters. The molecule has 2 aromatic heterocycles. The molecule has 0 unspecified atom stereocenters. The molecule has 0 aliphatic rings. The van der Waals surface area contributed by atoms with Gasteiger partial charge in [0.1, 0.15) is 11.6 Å². The molecule has 7 rings (SSSR count). The van der Waals surface area contributed by atoms with E-state index in [1.54, 1.807) is 11.8 Å². The fourth-order valence-corrected chi connectivity index (χ4v) is 8.17. The van der Waals surface area contributed by atoms with E-state index in [0.29, 0.717) is 23.7 Å². The maximum atomic E-state index is 5.28. The van der Waals surface area contributed by atoms with E-state index in [1.807, 2.05) is 6.20 Å². The molecule has 7 aromatic rings. The molecule has 0 spiro atoms. The lowest BCUT2D eigenvalue weighted by Crippen LogP contribution is -2.08. The van der Waals surface area contributed by atoms with E-state index >= 15 is 0 Å². The number of benzene rings is 5. The molecule has 0 aliphatic carbocycles. The van der Waals surface area contributed by atoms with Crippen LogP contribution >= 0.6 is 11.8 Å². The highest BCUT2D eigenvalue weighted by molar-refractivity contribution is 7.99. The van der Waals surface area contributed by atoms with Crippen molar-refractivity contribution in [2.24, 2.45) is 0 Å². The van der Waals surface area contributed by atoms with E-state index in [4.69, 9.17) is 9.97 Å². The Hall–Kier alpha value is -4.87. The summed E-state index contributed by atoms with van der Waals surface area (Å²) in [6, 6.07) is 39.6. The van der Waals surface area contributed by atoms with Crippen molar-refractivity contribution in [2.75, 3.05) is 0 Å². The third-order valence-corrected chi connectivity index (χ3v) is 10.8. The molecule has 5 aromatic carbocycles. The smallest absolute Gasteiger partial charge is 0.145 e. The van der Waals surface area contributed by atoms with Gasteiger partial charge in [-0.3, -0.25) is 9.13 Å². The van der Waals surface area contributed by atoms with Crippen LogP contribution in [0.2, 0.25) is 0 Å². The van der Waals surface area contributed by atoms with Gasteiger partial charge < -0.3 is 0 Å². The van der Waals surface area contributed by atoms with Crippen molar-refractivity contribution in [1.29, 1.82) is 0 Å².